The lowest BCUT2D eigenvalue weighted by molar-refractivity contribution is -0.268. The van der Waals surface area contributed by atoms with E-state index >= 15 is 0 Å². The van der Waals surface area contributed by atoms with Gasteiger partial charge in [0.05, 0.1) is 19.3 Å². The first-order valence-electron chi connectivity index (χ1n) is 29.7. The largest absolute Gasteiger partial charge is 0.480 e. The van der Waals surface area contributed by atoms with Gasteiger partial charge in [0.1, 0.15) is 54.2 Å². The number of nitrogens with two attached hydrogens (primary N) is 2. The van der Waals surface area contributed by atoms with Gasteiger partial charge in [-0.05, 0) is 40.0 Å². The van der Waals surface area contributed by atoms with Crippen LogP contribution in [0.25, 0.3) is 0 Å². The van der Waals surface area contributed by atoms with Crippen LogP contribution in [0.15, 0.2) is 0 Å². The zero-order valence-corrected chi connectivity index (χ0v) is 48.0. The predicted octanol–water partition coefficient (Wildman–Crippen LogP) is 6.83. The average Bonchev–Trinajstić information content (AvgIpc) is 3.38. The highest BCUT2D eigenvalue weighted by molar-refractivity contribution is 5.92. The molecule has 1 heterocycles. The van der Waals surface area contributed by atoms with Gasteiger partial charge in [0.25, 0.3) is 0 Å². The number of rotatable bonds is 49. The van der Waals surface area contributed by atoms with Crippen LogP contribution in [-0.4, -0.2) is 160 Å². The van der Waals surface area contributed by atoms with Gasteiger partial charge in [-0.25, -0.2) is 4.79 Å². The molecule has 0 spiro atoms. The lowest BCUT2D eigenvalue weighted by Crippen LogP contribution is -2.66. The van der Waals surface area contributed by atoms with Crippen molar-refractivity contribution in [3.8, 4) is 0 Å². The molecule has 0 radical (unpaired) electrons. The molecule has 11 atom stereocenters. The van der Waals surface area contributed by atoms with E-state index in [1.165, 1.54) is 156 Å². The fourth-order valence-electron chi connectivity index (χ4n) is 9.91. The summed E-state index contributed by atoms with van der Waals surface area (Å²) in [6, 6.07) is -4.13. The first kappa shape index (κ1) is 71.0. The number of ether oxygens (including phenoxy) is 4. The van der Waals surface area contributed by atoms with E-state index in [1.807, 2.05) is 0 Å². The van der Waals surface area contributed by atoms with E-state index in [-0.39, 0.29) is 19.6 Å². The SMILES string of the molecule is CCCCCCCCCCCCCCCCOC([C@H](CO)OCCCCCCCCCCCCCCCC)[C@@](C)(N)C(=O)N[C@H](CCC(=O)N(CC(C)O[C@H]1[C@H](O)[C@@H](CO)O[C@H](O)[C@@H]1NC(C)=O)[C@@H](C)C(=O)O)C(N)=O. The number of carbonyl (C=O) groups excluding carboxylic acids is 4. The number of aliphatic hydroxyl groups is 4. The van der Waals surface area contributed by atoms with Gasteiger partial charge >= 0.3 is 5.97 Å². The summed E-state index contributed by atoms with van der Waals surface area (Å²) in [5.74, 6) is -4.49. The molecule has 0 aromatic rings. The van der Waals surface area contributed by atoms with Crippen molar-refractivity contribution in [1.29, 1.82) is 0 Å². The molecule has 76 heavy (non-hydrogen) atoms. The molecule has 0 aliphatic carbocycles. The molecule has 4 amide bonds. The molecule has 19 heteroatoms. The molecular formula is C57H109N5O14. The highest BCUT2D eigenvalue weighted by atomic mass is 16.6. The van der Waals surface area contributed by atoms with Gasteiger partial charge in [-0.15, -0.1) is 0 Å². The topological polar surface area (TPSA) is 303 Å². The maximum Gasteiger partial charge on any atom is 0.326 e. The van der Waals surface area contributed by atoms with E-state index in [1.54, 1.807) is 0 Å². The summed E-state index contributed by atoms with van der Waals surface area (Å²) in [6.45, 7) is 8.87. The standard InChI is InChI=1S/C57H109N5O14/c1-7-9-11-13-15-17-19-21-23-25-27-29-31-33-37-73-47(41-64)52(74-38-34-32-30-28-26-24-22-20-18-16-14-12-10-8-2)57(6,59)56(72)61-45(53(58)68)35-36-48(66)62(43(4)54(69)70)39-42(3)75-51-49(60-44(5)65)55(71)76-46(40-63)50(51)67/h42-43,45-47,49-52,55,63-64,67,71H,7-41,59H2,1-6H3,(H2,58,68)(H,60,65)(H,61,72)(H,69,70)/t42?,43-,45+,46+,47-,49+,50+,51+,52?,55-,57+/m0/s1. The Labute approximate surface area is 457 Å². The Morgan fingerprint density at radius 2 is 1.13 bits per heavy atom. The van der Waals surface area contributed by atoms with E-state index in [2.05, 4.69) is 24.5 Å². The normalized spacial score (nSPS) is 20.5. The summed E-state index contributed by atoms with van der Waals surface area (Å²) in [4.78, 5) is 66.1. The van der Waals surface area contributed by atoms with E-state index < -0.39 is 116 Å². The second kappa shape index (κ2) is 42.9. The number of nitrogens with zero attached hydrogens (tertiary/aromatic N) is 1. The van der Waals surface area contributed by atoms with Gasteiger partial charge < -0.3 is 71.5 Å². The molecule has 1 rings (SSSR count). The Kier molecular flexibility index (Phi) is 40.1. The Morgan fingerprint density at radius 1 is 0.697 bits per heavy atom. The fraction of sp³-hybridized carbons (Fsp3) is 0.912. The zero-order valence-electron chi connectivity index (χ0n) is 48.0. The monoisotopic (exact) mass is 1090 g/mol. The number of hydrogen-bond donors (Lipinski definition) is 9. The number of carboxylic acids is 1. The Morgan fingerprint density at radius 3 is 1.53 bits per heavy atom. The van der Waals surface area contributed by atoms with Crippen molar-refractivity contribution in [3.05, 3.63) is 0 Å². The third kappa shape index (κ3) is 29.8. The van der Waals surface area contributed by atoms with Crippen molar-refractivity contribution in [2.24, 2.45) is 11.5 Å². The highest BCUT2D eigenvalue weighted by Gasteiger charge is 2.47. The Hall–Kier alpha value is -3.01. The number of unbranched alkanes of at least 4 members (excludes halogenated alkanes) is 26. The average molecular weight is 1090 g/mol. The third-order valence-electron chi connectivity index (χ3n) is 14.7. The minimum absolute atomic E-state index is 0.249. The summed E-state index contributed by atoms with van der Waals surface area (Å²) in [5, 5.41) is 56.9. The van der Waals surface area contributed by atoms with Gasteiger partial charge in [0, 0.05) is 33.1 Å². The molecular weight excluding hydrogens is 979 g/mol. The predicted molar refractivity (Wildman–Crippen MR) is 295 cm³/mol. The van der Waals surface area contributed by atoms with Crippen molar-refractivity contribution in [1.82, 2.24) is 15.5 Å². The number of amides is 4. The molecule has 2 unspecified atom stereocenters. The second-order valence-electron chi connectivity index (χ2n) is 21.8. The number of aliphatic hydroxyl groups excluding tert-OH is 4. The smallest absolute Gasteiger partial charge is 0.326 e. The third-order valence-corrected chi connectivity index (χ3v) is 14.7. The van der Waals surface area contributed by atoms with Gasteiger partial charge in [0.2, 0.25) is 23.6 Å². The van der Waals surface area contributed by atoms with Crippen molar-refractivity contribution in [2.75, 3.05) is 33.0 Å². The molecule has 446 valence electrons. The molecule has 0 aromatic heterocycles. The number of hydrogen-bond acceptors (Lipinski definition) is 14. The van der Waals surface area contributed by atoms with Crippen molar-refractivity contribution in [3.63, 3.8) is 0 Å². The van der Waals surface area contributed by atoms with Crippen LogP contribution in [0.2, 0.25) is 0 Å². The molecule has 1 fully saturated rings. The summed E-state index contributed by atoms with van der Waals surface area (Å²) in [5.41, 5.74) is 10.7. The molecule has 11 N–H and O–H groups in total. The van der Waals surface area contributed by atoms with Crippen LogP contribution in [-0.2, 0) is 42.9 Å². The van der Waals surface area contributed by atoms with Gasteiger partial charge in [0.15, 0.2) is 6.29 Å². The van der Waals surface area contributed by atoms with Crippen LogP contribution in [0, 0.1) is 0 Å². The first-order chi connectivity index (χ1) is 36.4. The van der Waals surface area contributed by atoms with Crippen LogP contribution < -0.4 is 22.1 Å². The zero-order chi connectivity index (χ0) is 56.7. The summed E-state index contributed by atoms with van der Waals surface area (Å²) in [6.07, 6.45) is 23.7. The summed E-state index contributed by atoms with van der Waals surface area (Å²) < 4.78 is 23.8. The molecule has 1 saturated heterocycles. The highest BCUT2D eigenvalue weighted by Crippen LogP contribution is 2.26. The lowest BCUT2D eigenvalue weighted by atomic mass is 9.89. The summed E-state index contributed by atoms with van der Waals surface area (Å²) in [7, 11) is 0. The van der Waals surface area contributed by atoms with Crippen LogP contribution in [0.1, 0.15) is 234 Å². The van der Waals surface area contributed by atoms with Crippen molar-refractivity contribution in [2.45, 2.75) is 301 Å². The van der Waals surface area contributed by atoms with Crippen molar-refractivity contribution < 1.29 is 68.5 Å². The maximum absolute atomic E-state index is 14.2. The Bertz CT molecular complexity index is 1550. The fourth-order valence-corrected chi connectivity index (χ4v) is 9.91. The summed E-state index contributed by atoms with van der Waals surface area (Å²) >= 11 is 0. The molecule has 19 nitrogen and oxygen atoms in total. The number of primary amides is 1. The minimum Gasteiger partial charge on any atom is -0.480 e. The van der Waals surface area contributed by atoms with Crippen LogP contribution >= 0.6 is 0 Å². The first-order valence-corrected chi connectivity index (χ1v) is 29.7. The van der Waals surface area contributed by atoms with E-state index in [0.29, 0.717) is 13.0 Å². The van der Waals surface area contributed by atoms with Gasteiger partial charge in [-0.3, -0.25) is 19.2 Å². The van der Waals surface area contributed by atoms with Crippen LogP contribution in [0.5, 0.6) is 0 Å². The van der Waals surface area contributed by atoms with Gasteiger partial charge in [-0.1, -0.05) is 181 Å². The minimum atomic E-state index is -1.86. The Balaban J connectivity index is 3.01. The number of carbonyl (C=O) groups is 5. The quantitative estimate of drug-likeness (QED) is 0.0282. The molecule has 1 aliphatic heterocycles. The van der Waals surface area contributed by atoms with E-state index in [4.69, 9.17) is 30.4 Å². The number of aliphatic carboxylic acids is 1. The van der Waals surface area contributed by atoms with Crippen LogP contribution in [0.4, 0.5) is 0 Å². The molecule has 0 saturated carbocycles. The molecule has 1 aliphatic rings. The lowest BCUT2D eigenvalue weighted by Gasteiger charge is -2.43. The van der Waals surface area contributed by atoms with Gasteiger partial charge in [-0.2, -0.15) is 0 Å². The van der Waals surface area contributed by atoms with Crippen molar-refractivity contribution >= 4 is 29.6 Å². The number of nitrogens with one attached hydrogen (secondary N) is 2. The second-order valence-corrected chi connectivity index (χ2v) is 21.8. The molecule has 0 aromatic carbocycles. The maximum atomic E-state index is 14.2. The van der Waals surface area contributed by atoms with Crippen LogP contribution in [0.3, 0.4) is 0 Å². The molecule has 0 bridgehead atoms. The van der Waals surface area contributed by atoms with E-state index in [9.17, 15) is 49.5 Å². The number of carboxylic acid groups (broad SMARTS) is 1. The van der Waals surface area contributed by atoms with E-state index in [0.717, 1.165) is 49.8 Å².